The summed E-state index contributed by atoms with van der Waals surface area (Å²) in [5, 5.41) is 2.97. The lowest BCUT2D eigenvalue weighted by molar-refractivity contribution is -0.115. The highest BCUT2D eigenvalue weighted by atomic mass is 32.2. The van der Waals surface area contributed by atoms with Crippen molar-refractivity contribution in [3.8, 4) is 5.75 Å². The van der Waals surface area contributed by atoms with Crippen molar-refractivity contribution in [1.29, 1.82) is 0 Å². The Morgan fingerprint density at radius 1 is 1.43 bits per heavy atom. The maximum atomic E-state index is 11.6. The van der Waals surface area contributed by atoms with Gasteiger partial charge in [-0.3, -0.25) is 4.79 Å². The van der Waals surface area contributed by atoms with Crippen molar-refractivity contribution in [2.75, 3.05) is 24.7 Å². The zero-order valence-electron chi connectivity index (χ0n) is 11.5. The monoisotopic (exact) mass is 329 g/mol. The number of carbonyl (C=O) groups excluding carboxylic acids is 1. The summed E-state index contributed by atoms with van der Waals surface area (Å²) in [6.07, 6.45) is 0.993. The van der Waals surface area contributed by atoms with E-state index < -0.39 is 15.9 Å². The first-order valence-electron chi connectivity index (χ1n) is 6.15. The number of nitrogens with zero attached hydrogens (tertiary/aromatic N) is 1. The van der Waals surface area contributed by atoms with E-state index in [1.807, 2.05) is 19.1 Å². The molecule has 0 aliphatic rings. The third-order valence-corrected chi connectivity index (χ3v) is 4.01. The van der Waals surface area contributed by atoms with Gasteiger partial charge in [0.15, 0.2) is 5.13 Å². The molecule has 0 saturated carbocycles. The molecule has 2 aromatic rings. The zero-order chi connectivity index (χ0) is 15.5. The fourth-order valence-electron chi connectivity index (χ4n) is 1.57. The second-order valence-corrected chi connectivity index (χ2v) is 7.09. The largest absolute Gasteiger partial charge is 0.494 e. The molecule has 2 rings (SSSR count). The summed E-state index contributed by atoms with van der Waals surface area (Å²) in [6, 6.07) is 5.46. The third kappa shape index (κ3) is 4.66. The van der Waals surface area contributed by atoms with Gasteiger partial charge in [0.05, 0.1) is 29.6 Å². The molecule has 0 fully saturated rings. The van der Waals surface area contributed by atoms with Crippen LogP contribution in [0.5, 0.6) is 5.75 Å². The van der Waals surface area contributed by atoms with Crippen molar-refractivity contribution in [2.45, 2.75) is 6.92 Å². The number of carbonyl (C=O) groups is 1. The number of thiazole rings is 1. The summed E-state index contributed by atoms with van der Waals surface area (Å²) in [5.41, 5.74) is 0.745. The first kappa shape index (κ1) is 15.7. The molecule has 21 heavy (non-hydrogen) atoms. The predicted octanol–water partition coefficient (Wildman–Crippen LogP) is 1.18. The number of aromatic nitrogens is 1. The molecule has 0 atom stereocenters. The number of benzene rings is 1. The standard InChI is InChI=1S/C12H15N3O4S2/c1-3-19-8-4-5-9-10(6-8)20-12(14-9)15-11(16)7-13-21(2,17)18/h4-6,13H,3,7H2,1-2H3,(H,14,15,16). The molecular weight excluding hydrogens is 314 g/mol. The van der Waals surface area contributed by atoms with Crippen LogP contribution in [0.15, 0.2) is 18.2 Å². The van der Waals surface area contributed by atoms with Gasteiger partial charge in [-0.2, -0.15) is 0 Å². The van der Waals surface area contributed by atoms with Gasteiger partial charge >= 0.3 is 0 Å². The molecule has 1 aromatic heterocycles. The number of sulfonamides is 1. The quantitative estimate of drug-likeness (QED) is 0.829. The predicted molar refractivity (Wildman–Crippen MR) is 82.3 cm³/mol. The number of fused-ring (bicyclic) bond motifs is 1. The van der Waals surface area contributed by atoms with Crippen LogP contribution in [0.4, 0.5) is 5.13 Å². The van der Waals surface area contributed by atoms with Crippen molar-refractivity contribution in [3.05, 3.63) is 18.2 Å². The van der Waals surface area contributed by atoms with E-state index >= 15 is 0 Å². The van der Waals surface area contributed by atoms with Crippen LogP contribution in [-0.2, 0) is 14.8 Å². The van der Waals surface area contributed by atoms with E-state index in [0.29, 0.717) is 11.7 Å². The average Bonchev–Trinajstić information content (AvgIpc) is 2.77. The van der Waals surface area contributed by atoms with E-state index in [0.717, 1.165) is 22.2 Å². The van der Waals surface area contributed by atoms with Gasteiger partial charge < -0.3 is 10.1 Å². The molecule has 0 unspecified atom stereocenters. The van der Waals surface area contributed by atoms with Gasteiger partial charge in [-0.15, -0.1) is 0 Å². The third-order valence-electron chi connectivity index (χ3n) is 2.41. The van der Waals surface area contributed by atoms with Gasteiger partial charge in [0, 0.05) is 0 Å². The highest BCUT2D eigenvalue weighted by Gasteiger charge is 2.10. The van der Waals surface area contributed by atoms with E-state index in [-0.39, 0.29) is 6.54 Å². The van der Waals surface area contributed by atoms with Crippen LogP contribution in [0.2, 0.25) is 0 Å². The lowest BCUT2D eigenvalue weighted by atomic mass is 10.3. The minimum atomic E-state index is -3.39. The van der Waals surface area contributed by atoms with Gasteiger partial charge in [-0.1, -0.05) is 11.3 Å². The minimum absolute atomic E-state index is 0.320. The van der Waals surface area contributed by atoms with Gasteiger partial charge in [0.25, 0.3) is 0 Å². The molecular formula is C12H15N3O4S2. The molecule has 1 amide bonds. The number of rotatable bonds is 6. The molecule has 7 nitrogen and oxygen atoms in total. The summed E-state index contributed by atoms with van der Waals surface area (Å²) in [6.45, 7) is 2.15. The normalized spacial score (nSPS) is 11.5. The first-order valence-corrected chi connectivity index (χ1v) is 8.86. The topological polar surface area (TPSA) is 97.4 Å². The van der Waals surface area contributed by atoms with Crippen LogP contribution in [-0.4, -0.2) is 38.7 Å². The molecule has 0 aliphatic carbocycles. The minimum Gasteiger partial charge on any atom is -0.494 e. The molecule has 9 heteroatoms. The second-order valence-electron chi connectivity index (χ2n) is 4.22. The average molecular weight is 329 g/mol. The van der Waals surface area contributed by atoms with Crippen molar-refractivity contribution in [2.24, 2.45) is 0 Å². The molecule has 114 valence electrons. The summed E-state index contributed by atoms with van der Waals surface area (Å²) in [4.78, 5) is 15.9. The summed E-state index contributed by atoms with van der Waals surface area (Å²) < 4.78 is 30.2. The number of anilines is 1. The van der Waals surface area contributed by atoms with Gasteiger partial charge in [0.2, 0.25) is 15.9 Å². The van der Waals surface area contributed by atoms with Crippen LogP contribution < -0.4 is 14.8 Å². The van der Waals surface area contributed by atoms with Crippen LogP contribution in [0.3, 0.4) is 0 Å². The molecule has 1 heterocycles. The molecule has 0 aliphatic heterocycles. The SMILES string of the molecule is CCOc1ccc2nc(NC(=O)CNS(C)(=O)=O)sc2c1. The number of amides is 1. The van der Waals surface area contributed by atoms with Crippen molar-refractivity contribution in [3.63, 3.8) is 0 Å². The fourth-order valence-corrected chi connectivity index (χ4v) is 2.88. The molecule has 0 spiro atoms. The van der Waals surface area contributed by atoms with Crippen molar-refractivity contribution >= 4 is 42.6 Å². The lowest BCUT2D eigenvalue weighted by Gasteiger charge is -2.01. The Morgan fingerprint density at radius 3 is 2.86 bits per heavy atom. The summed E-state index contributed by atoms with van der Waals surface area (Å²) >= 11 is 1.30. The van der Waals surface area contributed by atoms with E-state index in [1.54, 1.807) is 6.07 Å². The Morgan fingerprint density at radius 2 is 2.19 bits per heavy atom. The van der Waals surface area contributed by atoms with Crippen LogP contribution in [0, 0.1) is 0 Å². The molecule has 2 N–H and O–H groups in total. The van der Waals surface area contributed by atoms with E-state index in [2.05, 4.69) is 15.0 Å². The maximum absolute atomic E-state index is 11.6. The molecule has 0 radical (unpaired) electrons. The molecule has 1 aromatic carbocycles. The highest BCUT2D eigenvalue weighted by molar-refractivity contribution is 7.88. The Hall–Kier alpha value is -1.71. The van der Waals surface area contributed by atoms with Crippen LogP contribution in [0.1, 0.15) is 6.92 Å². The number of hydrogen-bond donors (Lipinski definition) is 2. The first-order chi connectivity index (χ1) is 9.87. The fraction of sp³-hybridized carbons (Fsp3) is 0.333. The smallest absolute Gasteiger partial charge is 0.241 e. The maximum Gasteiger partial charge on any atom is 0.241 e. The molecule has 0 saturated heterocycles. The molecule has 0 bridgehead atoms. The Labute approximate surface area is 126 Å². The summed E-state index contributed by atoms with van der Waals surface area (Å²) in [7, 11) is -3.39. The Kier molecular flexibility index (Phi) is 4.76. The number of hydrogen-bond acceptors (Lipinski definition) is 6. The number of ether oxygens (including phenoxy) is 1. The van der Waals surface area contributed by atoms with Gasteiger partial charge in [-0.05, 0) is 25.1 Å². The zero-order valence-corrected chi connectivity index (χ0v) is 13.2. The van der Waals surface area contributed by atoms with Gasteiger partial charge in [-0.25, -0.2) is 18.1 Å². The summed E-state index contributed by atoms with van der Waals surface area (Å²) in [5.74, 6) is 0.273. The van der Waals surface area contributed by atoms with Crippen molar-refractivity contribution < 1.29 is 17.9 Å². The second kappa shape index (κ2) is 6.37. The Balaban J connectivity index is 2.07. The number of nitrogens with one attached hydrogen (secondary N) is 2. The van der Waals surface area contributed by atoms with E-state index in [9.17, 15) is 13.2 Å². The highest BCUT2D eigenvalue weighted by Crippen LogP contribution is 2.29. The van der Waals surface area contributed by atoms with Crippen LogP contribution >= 0.6 is 11.3 Å². The lowest BCUT2D eigenvalue weighted by Crippen LogP contribution is -2.31. The van der Waals surface area contributed by atoms with E-state index in [4.69, 9.17) is 4.74 Å². The van der Waals surface area contributed by atoms with Crippen LogP contribution in [0.25, 0.3) is 10.2 Å². The van der Waals surface area contributed by atoms with Crippen molar-refractivity contribution in [1.82, 2.24) is 9.71 Å². The van der Waals surface area contributed by atoms with Gasteiger partial charge in [0.1, 0.15) is 5.75 Å². The van der Waals surface area contributed by atoms with E-state index in [1.165, 1.54) is 11.3 Å². The Bertz CT molecular complexity index is 755.